The fraction of sp³-hybridized carbons (Fsp3) is 0.450. The zero-order valence-electron chi connectivity index (χ0n) is 15.9. The molecule has 3 heterocycles. The Bertz CT molecular complexity index is 886. The zero-order valence-corrected chi connectivity index (χ0v) is 15.9. The van der Waals surface area contributed by atoms with Crippen LogP contribution in [0, 0.1) is 0 Å². The lowest BCUT2D eigenvalue weighted by Gasteiger charge is -2.23. The predicted octanol–water partition coefficient (Wildman–Crippen LogP) is 3.45. The van der Waals surface area contributed by atoms with Gasteiger partial charge in [-0.15, -0.1) is 5.10 Å². The van der Waals surface area contributed by atoms with Crippen LogP contribution in [-0.2, 0) is 11.3 Å². The molecule has 1 fully saturated rings. The van der Waals surface area contributed by atoms with E-state index in [9.17, 15) is 0 Å². The topological polar surface area (TPSA) is 76.4 Å². The summed E-state index contributed by atoms with van der Waals surface area (Å²) in [5, 5.41) is 11.6. The van der Waals surface area contributed by atoms with Gasteiger partial charge in [-0.3, -0.25) is 0 Å². The van der Waals surface area contributed by atoms with E-state index in [2.05, 4.69) is 41.6 Å². The molecule has 0 spiro atoms. The Morgan fingerprint density at radius 2 is 2.11 bits per heavy atom. The summed E-state index contributed by atoms with van der Waals surface area (Å²) in [6, 6.07) is 10.5. The Balaban J connectivity index is 1.64. The van der Waals surface area contributed by atoms with Gasteiger partial charge in [-0.25, -0.2) is 9.50 Å². The Labute approximate surface area is 159 Å². The number of imidazole rings is 1. The molecule has 3 aromatic rings. The van der Waals surface area contributed by atoms with E-state index < -0.39 is 0 Å². The molecule has 0 unspecified atom stereocenters. The second-order valence-corrected chi connectivity index (χ2v) is 7.25. The Hall–Kier alpha value is -2.67. The quantitative estimate of drug-likeness (QED) is 0.696. The lowest BCUT2D eigenvalue weighted by Crippen LogP contribution is -2.31. The molecule has 4 rings (SSSR count). The molecule has 1 aliphatic rings. The molecule has 0 bridgehead atoms. The molecule has 1 aliphatic heterocycles. The van der Waals surface area contributed by atoms with Gasteiger partial charge in [-0.1, -0.05) is 44.2 Å². The first-order chi connectivity index (χ1) is 13.2. The molecule has 7 nitrogen and oxygen atoms in total. The maximum absolute atomic E-state index is 5.57. The van der Waals surface area contributed by atoms with E-state index in [0.717, 1.165) is 36.6 Å². The van der Waals surface area contributed by atoms with Crippen LogP contribution in [0.3, 0.4) is 0 Å². The van der Waals surface area contributed by atoms with E-state index >= 15 is 0 Å². The van der Waals surface area contributed by atoms with Gasteiger partial charge in [-0.2, -0.15) is 4.98 Å². The maximum Gasteiger partial charge on any atom is 0.243 e. The third-order valence-electron chi connectivity index (χ3n) is 4.78. The molecule has 0 amide bonds. The fourth-order valence-corrected chi connectivity index (χ4v) is 3.29. The van der Waals surface area contributed by atoms with E-state index in [1.807, 2.05) is 28.9 Å². The number of nitrogens with one attached hydrogen (secondary N) is 2. The van der Waals surface area contributed by atoms with Crippen LogP contribution < -0.4 is 10.6 Å². The van der Waals surface area contributed by atoms with Crippen LogP contribution in [0.25, 0.3) is 5.65 Å². The van der Waals surface area contributed by atoms with Crippen LogP contribution >= 0.6 is 0 Å². The largest absolute Gasteiger partial charge is 0.379 e. The molecule has 1 atom stereocenters. The van der Waals surface area contributed by atoms with E-state index in [1.165, 1.54) is 5.56 Å². The van der Waals surface area contributed by atoms with Gasteiger partial charge in [0.25, 0.3) is 0 Å². The molecule has 27 heavy (non-hydrogen) atoms. The normalized spacial score (nSPS) is 17.4. The van der Waals surface area contributed by atoms with Gasteiger partial charge in [0.2, 0.25) is 5.95 Å². The molecule has 2 N–H and O–H groups in total. The zero-order chi connectivity index (χ0) is 18.6. The van der Waals surface area contributed by atoms with Crippen molar-refractivity contribution in [2.75, 3.05) is 23.8 Å². The number of aromatic nitrogens is 4. The third kappa shape index (κ3) is 4.03. The number of ether oxygens (including phenoxy) is 1. The smallest absolute Gasteiger partial charge is 0.243 e. The van der Waals surface area contributed by atoms with E-state index in [-0.39, 0.29) is 6.04 Å². The van der Waals surface area contributed by atoms with Crippen LogP contribution in [0.5, 0.6) is 0 Å². The van der Waals surface area contributed by atoms with Gasteiger partial charge in [0.1, 0.15) is 0 Å². The Morgan fingerprint density at radius 3 is 2.85 bits per heavy atom. The lowest BCUT2D eigenvalue weighted by atomic mass is 10.1. The summed E-state index contributed by atoms with van der Waals surface area (Å²) in [6.07, 6.45) is 4.01. The van der Waals surface area contributed by atoms with E-state index in [0.29, 0.717) is 25.0 Å². The van der Waals surface area contributed by atoms with E-state index in [4.69, 9.17) is 14.8 Å². The highest BCUT2D eigenvalue weighted by Gasteiger charge is 2.18. The number of benzene rings is 1. The predicted molar refractivity (Wildman–Crippen MR) is 106 cm³/mol. The molecule has 7 heteroatoms. The van der Waals surface area contributed by atoms with Crippen molar-refractivity contribution in [2.24, 2.45) is 0 Å². The summed E-state index contributed by atoms with van der Waals surface area (Å²) in [6.45, 7) is 6.49. The highest BCUT2D eigenvalue weighted by atomic mass is 16.5. The molecular formula is C20H26N6O. The molecule has 1 saturated heterocycles. The molecule has 0 radical (unpaired) electrons. The monoisotopic (exact) mass is 366 g/mol. The molecule has 1 aromatic carbocycles. The highest BCUT2D eigenvalue weighted by Crippen LogP contribution is 2.22. The maximum atomic E-state index is 5.57. The third-order valence-corrected chi connectivity index (χ3v) is 4.78. The highest BCUT2D eigenvalue weighted by molar-refractivity contribution is 5.64. The average molecular weight is 366 g/mol. The minimum Gasteiger partial charge on any atom is -0.379 e. The molecular weight excluding hydrogens is 340 g/mol. The van der Waals surface area contributed by atoms with E-state index in [1.54, 1.807) is 0 Å². The Morgan fingerprint density at radius 1 is 1.26 bits per heavy atom. The summed E-state index contributed by atoms with van der Waals surface area (Å²) in [4.78, 5) is 9.27. The average Bonchev–Trinajstić information content (AvgIpc) is 3.12. The number of hydrogen-bond donors (Lipinski definition) is 2. The fourth-order valence-electron chi connectivity index (χ4n) is 3.29. The number of nitrogens with zero attached hydrogens (tertiary/aromatic N) is 4. The molecule has 0 saturated carbocycles. The first-order valence-corrected chi connectivity index (χ1v) is 9.58. The first-order valence-electron chi connectivity index (χ1n) is 9.58. The first kappa shape index (κ1) is 17.7. The van der Waals surface area contributed by atoms with Crippen LogP contribution in [-0.4, -0.2) is 38.8 Å². The number of rotatable bonds is 6. The Kier molecular flexibility index (Phi) is 5.20. The van der Waals surface area contributed by atoms with Crippen LogP contribution in [0.1, 0.15) is 43.9 Å². The summed E-state index contributed by atoms with van der Waals surface area (Å²) >= 11 is 0. The minimum atomic E-state index is 0.240. The van der Waals surface area contributed by atoms with Crippen LogP contribution in [0.15, 0.2) is 36.5 Å². The molecule has 2 aromatic heterocycles. The van der Waals surface area contributed by atoms with Crippen molar-refractivity contribution in [2.45, 2.75) is 45.2 Å². The van der Waals surface area contributed by atoms with Crippen molar-refractivity contribution in [3.8, 4) is 0 Å². The summed E-state index contributed by atoms with van der Waals surface area (Å²) in [5.41, 5.74) is 3.01. The standard InChI is InChI=1S/C20H26N6O/c1-14(2)17-12-22-19-18(21-11-15-7-4-3-5-8-15)24-20(25-26(17)19)23-16-9-6-10-27-13-16/h3-5,7-8,12,14,16H,6,9-11,13H2,1-2H3,(H2,21,23,24,25)/t16-/m1/s1. The van der Waals surface area contributed by atoms with Crippen molar-refractivity contribution >= 4 is 17.4 Å². The second kappa shape index (κ2) is 7.92. The van der Waals surface area contributed by atoms with Gasteiger partial charge >= 0.3 is 0 Å². The van der Waals surface area contributed by atoms with Crippen molar-refractivity contribution in [3.05, 3.63) is 47.8 Å². The van der Waals surface area contributed by atoms with Gasteiger partial charge < -0.3 is 15.4 Å². The van der Waals surface area contributed by atoms with Crippen LogP contribution in [0.4, 0.5) is 11.8 Å². The van der Waals surface area contributed by atoms with Crippen molar-refractivity contribution in [1.29, 1.82) is 0 Å². The van der Waals surface area contributed by atoms with Gasteiger partial charge in [0.05, 0.1) is 24.5 Å². The van der Waals surface area contributed by atoms with Gasteiger partial charge in [0.15, 0.2) is 11.5 Å². The molecule has 0 aliphatic carbocycles. The SMILES string of the molecule is CC(C)c1cnc2c(NCc3ccccc3)nc(N[C@@H]3CCCOC3)nn12. The second-order valence-electron chi connectivity index (χ2n) is 7.25. The number of hydrogen-bond acceptors (Lipinski definition) is 6. The van der Waals surface area contributed by atoms with Crippen LogP contribution in [0.2, 0.25) is 0 Å². The van der Waals surface area contributed by atoms with Gasteiger partial charge in [-0.05, 0) is 24.3 Å². The van der Waals surface area contributed by atoms with Crippen molar-refractivity contribution < 1.29 is 4.74 Å². The number of fused-ring (bicyclic) bond motifs is 1. The summed E-state index contributed by atoms with van der Waals surface area (Å²) < 4.78 is 7.47. The van der Waals surface area contributed by atoms with Crippen molar-refractivity contribution in [1.82, 2.24) is 19.6 Å². The van der Waals surface area contributed by atoms with Gasteiger partial charge in [0, 0.05) is 13.2 Å². The summed E-state index contributed by atoms with van der Waals surface area (Å²) in [7, 11) is 0. The lowest BCUT2D eigenvalue weighted by molar-refractivity contribution is 0.0873. The minimum absolute atomic E-state index is 0.240. The van der Waals surface area contributed by atoms with Crippen molar-refractivity contribution in [3.63, 3.8) is 0 Å². The summed E-state index contributed by atoms with van der Waals surface area (Å²) in [5.74, 6) is 1.66. The number of anilines is 2. The molecule has 142 valence electrons.